The molecule has 1 saturated carbocycles. The summed E-state index contributed by atoms with van der Waals surface area (Å²) in [7, 11) is 1.67. The second-order valence-corrected chi connectivity index (χ2v) is 5.65. The van der Waals surface area contributed by atoms with Crippen LogP contribution in [-0.2, 0) is 18.9 Å². The number of hydrogen-bond donors (Lipinski definition) is 1. The van der Waals surface area contributed by atoms with Crippen molar-refractivity contribution in [2.24, 2.45) is 5.92 Å². The van der Waals surface area contributed by atoms with E-state index in [1.54, 1.807) is 7.11 Å². The van der Waals surface area contributed by atoms with E-state index in [-0.39, 0.29) is 0 Å². The lowest BCUT2D eigenvalue weighted by Gasteiger charge is -2.29. The van der Waals surface area contributed by atoms with Gasteiger partial charge in [0.2, 0.25) is 0 Å². The minimum Gasteiger partial charge on any atom is -0.382 e. The van der Waals surface area contributed by atoms with Crippen LogP contribution in [0, 0.1) is 5.92 Å². The summed E-state index contributed by atoms with van der Waals surface area (Å²) in [4.78, 5) is 0. The Bertz CT molecular complexity index is 228. The SMILES string of the molecule is COCCOCCOCCOCCNC1CCCCC1C. The highest BCUT2D eigenvalue weighted by atomic mass is 16.6. The van der Waals surface area contributed by atoms with E-state index in [2.05, 4.69) is 12.2 Å². The van der Waals surface area contributed by atoms with Crippen molar-refractivity contribution in [3.05, 3.63) is 0 Å². The maximum Gasteiger partial charge on any atom is 0.0701 e. The van der Waals surface area contributed by atoms with Gasteiger partial charge in [0.25, 0.3) is 0 Å². The summed E-state index contributed by atoms with van der Waals surface area (Å²) in [6.07, 6.45) is 5.43. The third-order valence-electron chi connectivity index (χ3n) is 3.94. The number of ether oxygens (including phenoxy) is 4. The van der Waals surface area contributed by atoms with Crippen molar-refractivity contribution in [3.63, 3.8) is 0 Å². The maximum atomic E-state index is 5.56. The summed E-state index contributed by atoms with van der Waals surface area (Å²) in [5.41, 5.74) is 0. The zero-order valence-corrected chi connectivity index (χ0v) is 13.8. The molecule has 1 aliphatic carbocycles. The molecule has 5 nitrogen and oxygen atoms in total. The van der Waals surface area contributed by atoms with Crippen LogP contribution in [0.25, 0.3) is 0 Å². The second kappa shape index (κ2) is 13.5. The van der Waals surface area contributed by atoms with E-state index < -0.39 is 0 Å². The Morgan fingerprint density at radius 2 is 1.38 bits per heavy atom. The Balaban J connectivity index is 1.76. The largest absolute Gasteiger partial charge is 0.382 e. The zero-order chi connectivity index (χ0) is 15.2. The van der Waals surface area contributed by atoms with Gasteiger partial charge in [-0.3, -0.25) is 0 Å². The lowest BCUT2D eigenvalue weighted by atomic mass is 9.86. The van der Waals surface area contributed by atoms with Gasteiger partial charge in [0.05, 0.1) is 46.2 Å². The summed E-state index contributed by atoms with van der Waals surface area (Å²) < 4.78 is 21.2. The molecule has 1 rings (SSSR count). The van der Waals surface area contributed by atoms with E-state index in [4.69, 9.17) is 18.9 Å². The van der Waals surface area contributed by atoms with Crippen molar-refractivity contribution in [3.8, 4) is 0 Å². The molecule has 0 aromatic heterocycles. The smallest absolute Gasteiger partial charge is 0.0701 e. The first-order chi connectivity index (χ1) is 10.3. The van der Waals surface area contributed by atoms with Gasteiger partial charge in [0.15, 0.2) is 0 Å². The average molecular weight is 303 g/mol. The van der Waals surface area contributed by atoms with Crippen LogP contribution in [0.4, 0.5) is 0 Å². The van der Waals surface area contributed by atoms with Crippen molar-refractivity contribution in [1.29, 1.82) is 0 Å². The first kappa shape index (κ1) is 18.8. The van der Waals surface area contributed by atoms with Gasteiger partial charge >= 0.3 is 0 Å². The maximum absolute atomic E-state index is 5.56. The van der Waals surface area contributed by atoms with E-state index in [1.165, 1.54) is 25.7 Å². The molecule has 5 heteroatoms. The zero-order valence-electron chi connectivity index (χ0n) is 13.8. The Hall–Kier alpha value is -0.200. The summed E-state index contributed by atoms with van der Waals surface area (Å²) in [6.45, 7) is 7.83. The molecule has 126 valence electrons. The number of hydrogen-bond acceptors (Lipinski definition) is 5. The highest BCUT2D eigenvalue weighted by molar-refractivity contribution is 4.77. The summed E-state index contributed by atoms with van der Waals surface area (Å²) in [6, 6.07) is 0.683. The van der Waals surface area contributed by atoms with Crippen molar-refractivity contribution in [1.82, 2.24) is 5.32 Å². The van der Waals surface area contributed by atoms with Gasteiger partial charge in [0.1, 0.15) is 0 Å². The van der Waals surface area contributed by atoms with E-state index in [0.29, 0.717) is 45.7 Å². The van der Waals surface area contributed by atoms with Crippen LogP contribution in [0.1, 0.15) is 32.6 Å². The second-order valence-electron chi connectivity index (χ2n) is 5.65. The highest BCUT2D eigenvalue weighted by Crippen LogP contribution is 2.23. The molecule has 0 heterocycles. The fourth-order valence-corrected chi connectivity index (χ4v) is 2.62. The predicted molar refractivity (Wildman–Crippen MR) is 83.8 cm³/mol. The minimum atomic E-state index is 0.616. The molecular formula is C16H33NO4. The lowest BCUT2D eigenvalue weighted by Crippen LogP contribution is -2.39. The molecule has 0 bridgehead atoms. The van der Waals surface area contributed by atoms with E-state index >= 15 is 0 Å². The first-order valence-electron chi connectivity index (χ1n) is 8.30. The molecule has 1 fully saturated rings. The molecule has 0 radical (unpaired) electrons. The van der Waals surface area contributed by atoms with Crippen LogP contribution in [0.15, 0.2) is 0 Å². The van der Waals surface area contributed by atoms with Crippen LogP contribution >= 0.6 is 0 Å². The molecule has 0 amide bonds. The van der Waals surface area contributed by atoms with E-state index in [1.807, 2.05) is 0 Å². The Kier molecular flexibility index (Phi) is 12.1. The van der Waals surface area contributed by atoms with E-state index in [0.717, 1.165) is 19.1 Å². The summed E-state index contributed by atoms with van der Waals surface area (Å²) >= 11 is 0. The topological polar surface area (TPSA) is 49.0 Å². The monoisotopic (exact) mass is 303 g/mol. The standard InChI is InChI=1S/C16H33NO4/c1-15-5-3-4-6-16(15)17-7-8-19-11-12-21-14-13-20-10-9-18-2/h15-17H,3-14H2,1-2H3. The molecule has 2 atom stereocenters. The fourth-order valence-electron chi connectivity index (χ4n) is 2.62. The van der Waals surface area contributed by atoms with Crippen LogP contribution in [-0.4, -0.2) is 65.9 Å². The van der Waals surface area contributed by atoms with Gasteiger partial charge in [0, 0.05) is 19.7 Å². The molecule has 21 heavy (non-hydrogen) atoms. The molecule has 0 aliphatic heterocycles. The predicted octanol–water partition coefficient (Wildman–Crippen LogP) is 1.85. The van der Waals surface area contributed by atoms with Crippen molar-refractivity contribution < 1.29 is 18.9 Å². The van der Waals surface area contributed by atoms with Gasteiger partial charge in [-0.25, -0.2) is 0 Å². The Morgan fingerprint density at radius 1 is 0.810 bits per heavy atom. The van der Waals surface area contributed by atoms with Crippen LogP contribution < -0.4 is 5.32 Å². The van der Waals surface area contributed by atoms with Gasteiger partial charge in [-0.05, 0) is 18.8 Å². The first-order valence-corrected chi connectivity index (χ1v) is 8.30. The van der Waals surface area contributed by atoms with Gasteiger partial charge < -0.3 is 24.3 Å². The molecule has 0 aromatic rings. The summed E-state index contributed by atoms with van der Waals surface area (Å²) in [5.74, 6) is 0.806. The van der Waals surface area contributed by atoms with Crippen molar-refractivity contribution in [2.75, 3.05) is 59.9 Å². The number of rotatable bonds is 13. The quantitative estimate of drug-likeness (QED) is 0.526. The molecule has 1 N–H and O–H groups in total. The Labute approximate surface area is 129 Å². The lowest BCUT2D eigenvalue weighted by molar-refractivity contribution is 0.00371. The molecule has 1 aliphatic rings. The van der Waals surface area contributed by atoms with Crippen LogP contribution in [0.2, 0.25) is 0 Å². The van der Waals surface area contributed by atoms with E-state index in [9.17, 15) is 0 Å². The van der Waals surface area contributed by atoms with Crippen molar-refractivity contribution in [2.45, 2.75) is 38.6 Å². The summed E-state index contributed by atoms with van der Waals surface area (Å²) in [5, 5.41) is 3.60. The minimum absolute atomic E-state index is 0.616. The highest BCUT2D eigenvalue weighted by Gasteiger charge is 2.19. The molecule has 0 aromatic carbocycles. The Morgan fingerprint density at radius 3 is 2.00 bits per heavy atom. The number of nitrogens with one attached hydrogen (secondary N) is 1. The molecular weight excluding hydrogens is 270 g/mol. The van der Waals surface area contributed by atoms with Crippen LogP contribution in [0.3, 0.4) is 0 Å². The van der Waals surface area contributed by atoms with Crippen molar-refractivity contribution >= 4 is 0 Å². The molecule has 2 unspecified atom stereocenters. The normalized spacial score (nSPS) is 22.6. The van der Waals surface area contributed by atoms with Crippen LogP contribution in [0.5, 0.6) is 0 Å². The fraction of sp³-hybridized carbons (Fsp3) is 1.00. The third-order valence-corrected chi connectivity index (χ3v) is 3.94. The third kappa shape index (κ3) is 10.2. The number of methoxy groups -OCH3 is 1. The van der Waals surface area contributed by atoms with Gasteiger partial charge in [-0.15, -0.1) is 0 Å². The van der Waals surface area contributed by atoms with Gasteiger partial charge in [-0.1, -0.05) is 19.8 Å². The van der Waals surface area contributed by atoms with Gasteiger partial charge in [-0.2, -0.15) is 0 Å². The molecule has 0 spiro atoms. The molecule has 0 saturated heterocycles. The average Bonchev–Trinajstić information content (AvgIpc) is 2.50.